The molecule has 0 bridgehead atoms. The number of benzene rings is 1. The summed E-state index contributed by atoms with van der Waals surface area (Å²) in [4.78, 5) is 6.98. The minimum atomic E-state index is -3.57. The van der Waals surface area contributed by atoms with E-state index in [0.717, 1.165) is 41.2 Å². The maximum absolute atomic E-state index is 12.7. The Labute approximate surface area is 155 Å². The van der Waals surface area contributed by atoms with Crippen molar-refractivity contribution in [3.8, 4) is 0 Å². The van der Waals surface area contributed by atoms with Gasteiger partial charge in [-0.05, 0) is 43.5 Å². The number of morpholine rings is 1. The number of sulfonamides is 1. The zero-order valence-electron chi connectivity index (χ0n) is 15.4. The number of rotatable bonds is 5. The summed E-state index contributed by atoms with van der Waals surface area (Å²) in [5, 5.41) is 0. The highest BCUT2D eigenvalue weighted by Gasteiger charge is 2.20. The van der Waals surface area contributed by atoms with E-state index < -0.39 is 10.0 Å². The van der Waals surface area contributed by atoms with E-state index in [0.29, 0.717) is 18.1 Å². The summed E-state index contributed by atoms with van der Waals surface area (Å²) in [5.41, 5.74) is 3.40. The van der Waals surface area contributed by atoms with Crippen LogP contribution in [0.5, 0.6) is 0 Å². The van der Waals surface area contributed by atoms with Crippen LogP contribution in [0, 0.1) is 20.8 Å². The third-order valence-electron chi connectivity index (χ3n) is 4.48. The van der Waals surface area contributed by atoms with E-state index in [4.69, 9.17) is 4.74 Å². The Morgan fingerprint density at radius 1 is 1.12 bits per heavy atom. The average molecular weight is 375 g/mol. The number of pyridine rings is 1. The van der Waals surface area contributed by atoms with Crippen LogP contribution in [0.2, 0.25) is 0 Å². The standard InChI is InChI=1S/C19H25N3O3S/c1-14-10-15(2)19(16(3)11-14)26(23,24)21-13-17-4-5-18(20-12-17)22-6-8-25-9-7-22/h4-5,10-12,21H,6-9,13H2,1-3H3. The van der Waals surface area contributed by atoms with Gasteiger partial charge in [-0.15, -0.1) is 0 Å². The van der Waals surface area contributed by atoms with Crippen LogP contribution in [0.3, 0.4) is 0 Å². The third kappa shape index (κ3) is 4.23. The number of anilines is 1. The van der Waals surface area contributed by atoms with Gasteiger partial charge in [-0.3, -0.25) is 0 Å². The Morgan fingerprint density at radius 3 is 2.35 bits per heavy atom. The molecular weight excluding hydrogens is 350 g/mol. The quantitative estimate of drug-likeness (QED) is 0.868. The van der Waals surface area contributed by atoms with Crippen LogP contribution in [-0.2, 0) is 21.3 Å². The van der Waals surface area contributed by atoms with E-state index >= 15 is 0 Å². The van der Waals surface area contributed by atoms with Crippen LogP contribution < -0.4 is 9.62 Å². The normalized spacial score (nSPS) is 15.3. The molecule has 0 amide bonds. The molecule has 0 saturated carbocycles. The fourth-order valence-corrected chi connectivity index (χ4v) is 4.81. The van der Waals surface area contributed by atoms with Crippen molar-refractivity contribution >= 4 is 15.8 Å². The van der Waals surface area contributed by atoms with E-state index in [2.05, 4.69) is 14.6 Å². The van der Waals surface area contributed by atoms with Crippen molar-refractivity contribution in [1.82, 2.24) is 9.71 Å². The molecule has 1 saturated heterocycles. The maximum atomic E-state index is 12.7. The van der Waals surface area contributed by atoms with Gasteiger partial charge in [0.25, 0.3) is 0 Å². The lowest BCUT2D eigenvalue weighted by atomic mass is 10.1. The predicted octanol–water partition coefficient (Wildman–Crippen LogP) is 2.32. The number of hydrogen-bond donors (Lipinski definition) is 1. The second kappa shape index (κ2) is 7.73. The molecule has 1 aliphatic rings. The lowest BCUT2D eigenvalue weighted by molar-refractivity contribution is 0.122. The summed E-state index contributed by atoms with van der Waals surface area (Å²) in [6, 6.07) is 7.62. The molecule has 1 aromatic heterocycles. The van der Waals surface area contributed by atoms with Crippen molar-refractivity contribution in [2.24, 2.45) is 0 Å². The Kier molecular flexibility index (Phi) is 5.60. The second-order valence-corrected chi connectivity index (χ2v) is 8.38. The van der Waals surface area contributed by atoms with Crippen molar-refractivity contribution in [3.05, 3.63) is 52.7 Å². The largest absolute Gasteiger partial charge is 0.378 e. The lowest BCUT2D eigenvalue weighted by Crippen LogP contribution is -2.36. The summed E-state index contributed by atoms with van der Waals surface area (Å²) in [6.07, 6.45) is 1.72. The van der Waals surface area contributed by atoms with E-state index in [1.165, 1.54) is 0 Å². The van der Waals surface area contributed by atoms with Crippen molar-refractivity contribution < 1.29 is 13.2 Å². The van der Waals surface area contributed by atoms with Crippen LogP contribution in [0.1, 0.15) is 22.3 Å². The van der Waals surface area contributed by atoms with Crippen LogP contribution in [0.15, 0.2) is 35.4 Å². The Balaban J connectivity index is 1.70. The summed E-state index contributed by atoms with van der Waals surface area (Å²) < 4.78 is 33.5. The smallest absolute Gasteiger partial charge is 0.241 e. The molecule has 7 heteroatoms. The number of aryl methyl sites for hydroxylation is 3. The molecule has 1 N–H and O–H groups in total. The van der Waals surface area contributed by atoms with Crippen molar-refractivity contribution in [3.63, 3.8) is 0 Å². The molecule has 0 spiro atoms. The number of ether oxygens (including phenoxy) is 1. The molecule has 0 radical (unpaired) electrons. The minimum absolute atomic E-state index is 0.214. The zero-order chi connectivity index (χ0) is 18.7. The number of hydrogen-bond acceptors (Lipinski definition) is 5. The summed E-state index contributed by atoms with van der Waals surface area (Å²) in [6.45, 7) is 8.89. The average Bonchev–Trinajstić information content (AvgIpc) is 2.60. The van der Waals surface area contributed by atoms with Crippen LogP contribution in [0.25, 0.3) is 0 Å². The SMILES string of the molecule is Cc1cc(C)c(S(=O)(=O)NCc2ccc(N3CCOCC3)nc2)c(C)c1. The molecule has 140 valence electrons. The molecule has 0 unspecified atom stereocenters. The van der Waals surface area contributed by atoms with Crippen LogP contribution in [0.4, 0.5) is 5.82 Å². The monoisotopic (exact) mass is 375 g/mol. The van der Waals surface area contributed by atoms with Gasteiger partial charge < -0.3 is 9.64 Å². The third-order valence-corrected chi connectivity index (χ3v) is 6.19. The molecule has 2 heterocycles. The zero-order valence-corrected chi connectivity index (χ0v) is 16.3. The Morgan fingerprint density at radius 2 is 1.77 bits per heavy atom. The summed E-state index contributed by atoms with van der Waals surface area (Å²) in [7, 11) is -3.57. The van der Waals surface area contributed by atoms with Gasteiger partial charge in [0.1, 0.15) is 5.82 Å². The number of nitrogens with one attached hydrogen (secondary N) is 1. The molecule has 1 aliphatic heterocycles. The second-order valence-electron chi connectivity index (χ2n) is 6.68. The fourth-order valence-electron chi connectivity index (χ4n) is 3.34. The van der Waals surface area contributed by atoms with Crippen LogP contribution in [-0.4, -0.2) is 39.7 Å². The van der Waals surface area contributed by atoms with Gasteiger partial charge in [-0.25, -0.2) is 18.1 Å². The highest BCUT2D eigenvalue weighted by Crippen LogP contribution is 2.22. The first-order valence-electron chi connectivity index (χ1n) is 8.72. The molecule has 0 atom stereocenters. The van der Waals surface area contributed by atoms with Gasteiger partial charge >= 0.3 is 0 Å². The minimum Gasteiger partial charge on any atom is -0.378 e. The van der Waals surface area contributed by atoms with Gasteiger partial charge in [0.15, 0.2) is 0 Å². The van der Waals surface area contributed by atoms with E-state index in [-0.39, 0.29) is 6.54 Å². The first-order chi connectivity index (χ1) is 12.4. The van der Waals surface area contributed by atoms with Crippen molar-refractivity contribution in [2.45, 2.75) is 32.2 Å². The van der Waals surface area contributed by atoms with Gasteiger partial charge in [-0.1, -0.05) is 23.8 Å². The fraction of sp³-hybridized carbons (Fsp3) is 0.421. The first kappa shape index (κ1) is 18.8. The topological polar surface area (TPSA) is 71.5 Å². The predicted molar refractivity (Wildman–Crippen MR) is 102 cm³/mol. The molecule has 6 nitrogen and oxygen atoms in total. The molecule has 1 fully saturated rings. The van der Waals surface area contributed by atoms with Gasteiger partial charge in [0.2, 0.25) is 10.0 Å². The maximum Gasteiger partial charge on any atom is 0.241 e. The van der Waals surface area contributed by atoms with Gasteiger partial charge in [0, 0.05) is 25.8 Å². The number of nitrogens with zero attached hydrogens (tertiary/aromatic N) is 2. The molecule has 2 aromatic rings. The van der Waals surface area contributed by atoms with Crippen LogP contribution >= 0.6 is 0 Å². The highest BCUT2D eigenvalue weighted by atomic mass is 32.2. The first-order valence-corrected chi connectivity index (χ1v) is 10.2. The number of aromatic nitrogens is 1. The Bertz CT molecular complexity index is 850. The van der Waals surface area contributed by atoms with Gasteiger partial charge in [-0.2, -0.15) is 0 Å². The molecule has 3 rings (SSSR count). The summed E-state index contributed by atoms with van der Waals surface area (Å²) in [5.74, 6) is 0.894. The molecular formula is C19H25N3O3S. The van der Waals surface area contributed by atoms with Gasteiger partial charge in [0.05, 0.1) is 18.1 Å². The molecule has 0 aliphatic carbocycles. The lowest BCUT2D eigenvalue weighted by Gasteiger charge is -2.27. The molecule has 26 heavy (non-hydrogen) atoms. The van der Waals surface area contributed by atoms with E-state index in [1.807, 2.05) is 45.0 Å². The highest BCUT2D eigenvalue weighted by molar-refractivity contribution is 7.89. The van der Waals surface area contributed by atoms with E-state index in [9.17, 15) is 8.42 Å². The summed E-state index contributed by atoms with van der Waals surface area (Å²) >= 11 is 0. The van der Waals surface area contributed by atoms with Crippen molar-refractivity contribution in [1.29, 1.82) is 0 Å². The van der Waals surface area contributed by atoms with Crippen molar-refractivity contribution in [2.75, 3.05) is 31.2 Å². The Hall–Kier alpha value is -1.96. The van der Waals surface area contributed by atoms with E-state index in [1.54, 1.807) is 6.20 Å². The molecule has 1 aromatic carbocycles.